The predicted octanol–water partition coefficient (Wildman–Crippen LogP) is 3.40. The Hall–Kier alpha value is -1.64. The van der Waals surface area contributed by atoms with Gasteiger partial charge in [0.2, 0.25) is 5.89 Å². The molecule has 3 N–H and O–H groups in total. The van der Waals surface area contributed by atoms with E-state index >= 15 is 0 Å². The number of hydrogen-bond donors (Lipinski definition) is 2. The van der Waals surface area contributed by atoms with Crippen LogP contribution in [-0.2, 0) is 6.42 Å². The minimum Gasteiger partial charge on any atom is -0.370 e. The van der Waals surface area contributed by atoms with Crippen molar-refractivity contribution in [1.82, 2.24) is 10.1 Å². The molecule has 0 amide bonds. The first kappa shape index (κ1) is 19.4. The molecule has 0 saturated carbocycles. The minimum absolute atomic E-state index is 0. The van der Waals surface area contributed by atoms with Crippen LogP contribution in [0.4, 0.5) is 5.69 Å². The normalized spacial score (nSPS) is 11.4. The van der Waals surface area contributed by atoms with E-state index in [-0.39, 0.29) is 29.9 Å². The third kappa shape index (κ3) is 6.17. The first-order valence-corrected chi connectivity index (χ1v) is 7.42. The molecule has 0 atom stereocenters. The Morgan fingerprint density at radius 1 is 1.26 bits per heavy atom. The van der Waals surface area contributed by atoms with Crippen LogP contribution in [0.2, 0.25) is 0 Å². The molecule has 2 aromatic rings. The standard InChI is InChI=1S/C16H23N5O.HI/c1-10(2)15-20-14(22-21-15)5-6-18-16(17)19-13-8-11(3)7-12(4)9-13;/h7-10H,5-6H2,1-4H3,(H3,17,18,19);1H. The van der Waals surface area contributed by atoms with Crippen LogP contribution >= 0.6 is 24.0 Å². The maximum atomic E-state index is 5.90. The summed E-state index contributed by atoms with van der Waals surface area (Å²) >= 11 is 0. The van der Waals surface area contributed by atoms with Crippen molar-refractivity contribution in [1.29, 1.82) is 0 Å². The van der Waals surface area contributed by atoms with Gasteiger partial charge >= 0.3 is 0 Å². The summed E-state index contributed by atoms with van der Waals surface area (Å²) in [6, 6.07) is 6.17. The number of nitrogens with two attached hydrogens (primary N) is 1. The van der Waals surface area contributed by atoms with Crippen molar-refractivity contribution < 1.29 is 4.52 Å². The van der Waals surface area contributed by atoms with E-state index < -0.39 is 0 Å². The van der Waals surface area contributed by atoms with E-state index in [2.05, 4.69) is 26.5 Å². The molecule has 0 fully saturated rings. The molecule has 0 saturated heterocycles. The molecule has 126 valence electrons. The van der Waals surface area contributed by atoms with Gasteiger partial charge in [-0.2, -0.15) is 4.98 Å². The number of anilines is 1. The highest BCUT2D eigenvalue weighted by Gasteiger charge is 2.08. The van der Waals surface area contributed by atoms with Gasteiger partial charge in [0.1, 0.15) is 0 Å². The average molecular weight is 429 g/mol. The average Bonchev–Trinajstić information content (AvgIpc) is 2.86. The zero-order chi connectivity index (χ0) is 16.1. The third-order valence-corrected chi connectivity index (χ3v) is 3.10. The van der Waals surface area contributed by atoms with Crippen molar-refractivity contribution in [3.05, 3.63) is 41.0 Å². The Morgan fingerprint density at radius 2 is 1.91 bits per heavy atom. The van der Waals surface area contributed by atoms with Crippen molar-refractivity contribution in [2.45, 2.75) is 40.0 Å². The van der Waals surface area contributed by atoms with Crippen LogP contribution in [0.1, 0.15) is 42.6 Å². The molecule has 2 rings (SSSR count). The number of aliphatic imine (C=N–C) groups is 1. The lowest BCUT2D eigenvalue weighted by Gasteiger charge is -2.07. The maximum absolute atomic E-state index is 5.90. The Balaban J connectivity index is 0.00000264. The van der Waals surface area contributed by atoms with Crippen LogP contribution in [-0.4, -0.2) is 22.6 Å². The van der Waals surface area contributed by atoms with Crippen molar-refractivity contribution in [3.63, 3.8) is 0 Å². The highest BCUT2D eigenvalue weighted by atomic mass is 127. The number of guanidine groups is 1. The van der Waals surface area contributed by atoms with Gasteiger partial charge in [0, 0.05) is 18.0 Å². The molecule has 6 nitrogen and oxygen atoms in total. The van der Waals surface area contributed by atoms with Crippen LogP contribution in [0.5, 0.6) is 0 Å². The summed E-state index contributed by atoms with van der Waals surface area (Å²) < 4.78 is 5.17. The highest BCUT2D eigenvalue weighted by molar-refractivity contribution is 14.0. The SMILES string of the molecule is Cc1cc(C)cc(NC(N)=NCCc2nc(C(C)C)no2)c1.I. The van der Waals surface area contributed by atoms with Crippen LogP contribution in [0, 0.1) is 13.8 Å². The number of rotatable bonds is 5. The Kier molecular flexibility index (Phi) is 7.47. The molecule has 0 unspecified atom stereocenters. The summed E-state index contributed by atoms with van der Waals surface area (Å²) in [6.07, 6.45) is 0.578. The molecule has 1 aromatic carbocycles. The van der Waals surface area contributed by atoms with Gasteiger partial charge in [0.25, 0.3) is 0 Å². The number of nitrogens with zero attached hydrogens (tertiary/aromatic N) is 3. The number of hydrogen-bond acceptors (Lipinski definition) is 4. The largest absolute Gasteiger partial charge is 0.370 e. The molecule has 0 bridgehead atoms. The van der Waals surface area contributed by atoms with Gasteiger partial charge in [-0.3, -0.25) is 4.99 Å². The predicted molar refractivity (Wildman–Crippen MR) is 104 cm³/mol. The molecular weight excluding hydrogens is 405 g/mol. The van der Waals surface area contributed by atoms with Gasteiger partial charge in [-0.25, -0.2) is 0 Å². The number of halogens is 1. The van der Waals surface area contributed by atoms with E-state index in [1.165, 1.54) is 11.1 Å². The van der Waals surface area contributed by atoms with Crippen molar-refractivity contribution in [2.24, 2.45) is 10.7 Å². The van der Waals surface area contributed by atoms with Gasteiger partial charge in [-0.1, -0.05) is 25.1 Å². The van der Waals surface area contributed by atoms with Crippen molar-refractivity contribution in [3.8, 4) is 0 Å². The molecule has 1 heterocycles. The molecule has 0 spiro atoms. The van der Waals surface area contributed by atoms with Crippen LogP contribution < -0.4 is 11.1 Å². The molecule has 0 aliphatic carbocycles. The fourth-order valence-corrected chi connectivity index (χ4v) is 2.11. The van der Waals surface area contributed by atoms with Gasteiger partial charge < -0.3 is 15.6 Å². The highest BCUT2D eigenvalue weighted by Crippen LogP contribution is 2.13. The number of aromatic nitrogens is 2. The lowest BCUT2D eigenvalue weighted by molar-refractivity contribution is 0.372. The lowest BCUT2D eigenvalue weighted by Crippen LogP contribution is -2.23. The van der Waals surface area contributed by atoms with E-state index in [4.69, 9.17) is 10.3 Å². The van der Waals surface area contributed by atoms with Crippen LogP contribution in [0.25, 0.3) is 0 Å². The number of benzene rings is 1. The Morgan fingerprint density at radius 3 is 2.48 bits per heavy atom. The molecule has 0 radical (unpaired) electrons. The first-order chi connectivity index (χ1) is 10.4. The number of nitrogens with one attached hydrogen (secondary N) is 1. The second kappa shape index (κ2) is 8.85. The second-order valence-electron chi connectivity index (χ2n) is 5.72. The molecule has 0 aliphatic rings. The summed E-state index contributed by atoms with van der Waals surface area (Å²) in [7, 11) is 0. The first-order valence-electron chi connectivity index (χ1n) is 7.42. The van der Waals surface area contributed by atoms with Gasteiger partial charge in [0.05, 0.1) is 6.54 Å². The smallest absolute Gasteiger partial charge is 0.228 e. The van der Waals surface area contributed by atoms with Gasteiger partial charge in [-0.05, 0) is 37.1 Å². The third-order valence-electron chi connectivity index (χ3n) is 3.10. The summed E-state index contributed by atoms with van der Waals surface area (Å²) in [4.78, 5) is 8.59. The monoisotopic (exact) mass is 429 g/mol. The van der Waals surface area contributed by atoms with E-state index in [1.807, 2.05) is 39.8 Å². The fraction of sp³-hybridized carbons (Fsp3) is 0.438. The Labute approximate surface area is 154 Å². The topological polar surface area (TPSA) is 89.3 Å². The van der Waals surface area contributed by atoms with Gasteiger partial charge in [-0.15, -0.1) is 24.0 Å². The van der Waals surface area contributed by atoms with E-state index in [0.717, 1.165) is 11.5 Å². The summed E-state index contributed by atoms with van der Waals surface area (Å²) in [5.41, 5.74) is 9.20. The quantitative estimate of drug-likeness (QED) is 0.432. The molecule has 7 heteroatoms. The zero-order valence-corrected chi connectivity index (χ0v) is 16.3. The molecule has 0 aliphatic heterocycles. The van der Waals surface area contributed by atoms with Crippen LogP contribution in [0.3, 0.4) is 0 Å². The lowest BCUT2D eigenvalue weighted by atomic mass is 10.1. The van der Waals surface area contributed by atoms with E-state index in [0.29, 0.717) is 24.8 Å². The van der Waals surface area contributed by atoms with E-state index in [9.17, 15) is 0 Å². The second-order valence-corrected chi connectivity index (χ2v) is 5.72. The summed E-state index contributed by atoms with van der Waals surface area (Å²) in [5, 5.41) is 7.01. The molecule has 23 heavy (non-hydrogen) atoms. The maximum Gasteiger partial charge on any atom is 0.228 e. The van der Waals surface area contributed by atoms with Gasteiger partial charge in [0.15, 0.2) is 11.8 Å². The molecular formula is C16H24IN5O. The Bertz CT molecular complexity index is 646. The van der Waals surface area contributed by atoms with Crippen molar-refractivity contribution in [2.75, 3.05) is 11.9 Å². The minimum atomic E-state index is 0. The summed E-state index contributed by atoms with van der Waals surface area (Å²) in [5.74, 6) is 1.96. The summed E-state index contributed by atoms with van der Waals surface area (Å²) in [6.45, 7) is 8.65. The fourth-order valence-electron chi connectivity index (χ4n) is 2.11. The van der Waals surface area contributed by atoms with E-state index in [1.54, 1.807) is 0 Å². The number of aryl methyl sites for hydroxylation is 2. The van der Waals surface area contributed by atoms with Crippen LogP contribution in [0.15, 0.2) is 27.7 Å². The van der Waals surface area contributed by atoms with Crippen molar-refractivity contribution >= 4 is 35.6 Å². The zero-order valence-electron chi connectivity index (χ0n) is 14.0. The molecule has 1 aromatic heterocycles.